The third-order valence-electron chi connectivity index (χ3n) is 3.02. The normalized spacial score (nSPS) is 12.5. The maximum atomic E-state index is 5.82. The zero-order valence-electron chi connectivity index (χ0n) is 10.7. The quantitative estimate of drug-likeness (QED) is 0.871. The lowest BCUT2D eigenvalue weighted by Crippen LogP contribution is -2.34. The summed E-state index contributed by atoms with van der Waals surface area (Å²) in [5, 5.41) is 0. The summed E-state index contributed by atoms with van der Waals surface area (Å²) in [7, 11) is 2.16. The molecule has 0 fully saturated rings. The van der Waals surface area contributed by atoms with Gasteiger partial charge in [0.1, 0.15) is 0 Å². The van der Waals surface area contributed by atoms with Crippen molar-refractivity contribution in [1.29, 1.82) is 0 Å². The molecular formula is C13H21BrN2S. The summed E-state index contributed by atoms with van der Waals surface area (Å²) in [5.74, 6) is 1.15. The minimum Gasteiger partial charge on any atom is -0.371 e. The van der Waals surface area contributed by atoms with Gasteiger partial charge in [0, 0.05) is 35.5 Å². The first kappa shape index (κ1) is 14.9. The second-order valence-electron chi connectivity index (χ2n) is 4.11. The average Bonchev–Trinajstić information content (AvgIpc) is 2.34. The molecule has 1 aromatic carbocycles. The van der Waals surface area contributed by atoms with Gasteiger partial charge in [-0.1, -0.05) is 22.9 Å². The number of hydrogen-bond acceptors (Lipinski definition) is 3. The summed E-state index contributed by atoms with van der Waals surface area (Å²) in [6.07, 6.45) is 3.30. The van der Waals surface area contributed by atoms with Crippen LogP contribution >= 0.6 is 27.7 Å². The monoisotopic (exact) mass is 316 g/mol. The summed E-state index contributed by atoms with van der Waals surface area (Å²) in [4.78, 5) is 2.35. The van der Waals surface area contributed by atoms with Gasteiger partial charge in [-0.25, -0.2) is 0 Å². The summed E-state index contributed by atoms with van der Waals surface area (Å²) in [6, 6.07) is 6.90. The van der Waals surface area contributed by atoms with Crippen molar-refractivity contribution >= 4 is 33.4 Å². The van der Waals surface area contributed by atoms with Gasteiger partial charge >= 0.3 is 0 Å². The standard InChI is InChI=1S/C13H21BrN2S/c1-4-12(9-17-3)16(2)13-6-5-11(14)7-10(13)8-15/h5-7,12H,4,8-9,15H2,1-3H3. The SMILES string of the molecule is CCC(CSC)N(C)c1ccc(Br)cc1CN. The molecule has 2 N–H and O–H groups in total. The molecule has 0 aromatic heterocycles. The van der Waals surface area contributed by atoms with Crippen LogP contribution in [0, 0.1) is 0 Å². The maximum absolute atomic E-state index is 5.82. The molecule has 0 saturated carbocycles. The summed E-state index contributed by atoms with van der Waals surface area (Å²) < 4.78 is 1.09. The predicted molar refractivity (Wildman–Crippen MR) is 82.9 cm³/mol. The van der Waals surface area contributed by atoms with E-state index in [1.807, 2.05) is 11.8 Å². The summed E-state index contributed by atoms with van der Waals surface area (Å²) in [5.41, 5.74) is 8.26. The van der Waals surface area contributed by atoms with Crippen molar-refractivity contribution in [3.63, 3.8) is 0 Å². The Bertz CT molecular complexity index is 357. The van der Waals surface area contributed by atoms with Gasteiger partial charge in [0.25, 0.3) is 0 Å². The first-order valence-electron chi connectivity index (χ1n) is 5.84. The van der Waals surface area contributed by atoms with E-state index in [4.69, 9.17) is 5.73 Å². The van der Waals surface area contributed by atoms with Gasteiger partial charge in [0.05, 0.1) is 0 Å². The highest BCUT2D eigenvalue weighted by molar-refractivity contribution is 9.10. The molecule has 1 atom stereocenters. The zero-order chi connectivity index (χ0) is 12.8. The van der Waals surface area contributed by atoms with Gasteiger partial charge < -0.3 is 10.6 Å². The summed E-state index contributed by atoms with van der Waals surface area (Å²) in [6.45, 7) is 2.81. The van der Waals surface area contributed by atoms with Crippen molar-refractivity contribution in [2.24, 2.45) is 5.73 Å². The van der Waals surface area contributed by atoms with Gasteiger partial charge in [-0.3, -0.25) is 0 Å². The molecule has 1 rings (SSSR count). The zero-order valence-corrected chi connectivity index (χ0v) is 13.1. The van der Waals surface area contributed by atoms with Gasteiger partial charge in [-0.15, -0.1) is 0 Å². The second kappa shape index (κ2) is 7.29. The number of nitrogens with zero attached hydrogens (tertiary/aromatic N) is 1. The molecule has 0 saturated heterocycles. The Kier molecular flexibility index (Phi) is 6.38. The van der Waals surface area contributed by atoms with Crippen molar-refractivity contribution < 1.29 is 0 Å². The maximum Gasteiger partial charge on any atom is 0.0412 e. The van der Waals surface area contributed by atoms with Gasteiger partial charge in [0.2, 0.25) is 0 Å². The number of benzene rings is 1. The molecule has 4 heteroatoms. The fourth-order valence-corrected chi connectivity index (χ4v) is 3.21. The minimum absolute atomic E-state index is 0.566. The molecular weight excluding hydrogens is 296 g/mol. The molecule has 0 spiro atoms. The van der Waals surface area contributed by atoms with Crippen LogP contribution in [0.4, 0.5) is 5.69 Å². The molecule has 96 valence electrons. The Balaban J connectivity index is 2.97. The van der Waals surface area contributed by atoms with Crippen molar-refractivity contribution in [3.05, 3.63) is 28.2 Å². The highest BCUT2D eigenvalue weighted by Crippen LogP contribution is 2.26. The van der Waals surface area contributed by atoms with Crippen LogP contribution in [0.25, 0.3) is 0 Å². The molecule has 0 aliphatic carbocycles. The lowest BCUT2D eigenvalue weighted by atomic mass is 10.1. The van der Waals surface area contributed by atoms with E-state index in [-0.39, 0.29) is 0 Å². The Morgan fingerprint density at radius 3 is 2.71 bits per heavy atom. The molecule has 0 aliphatic heterocycles. The van der Waals surface area contributed by atoms with Crippen LogP contribution in [0.5, 0.6) is 0 Å². The van der Waals surface area contributed by atoms with Gasteiger partial charge in [-0.2, -0.15) is 11.8 Å². The Labute approximate surface area is 117 Å². The van der Waals surface area contributed by atoms with E-state index in [0.29, 0.717) is 12.6 Å². The third-order valence-corrected chi connectivity index (χ3v) is 4.23. The van der Waals surface area contributed by atoms with E-state index in [0.717, 1.165) is 16.6 Å². The van der Waals surface area contributed by atoms with Crippen LogP contribution in [0.2, 0.25) is 0 Å². The number of hydrogen-bond donors (Lipinski definition) is 1. The molecule has 0 heterocycles. The smallest absolute Gasteiger partial charge is 0.0412 e. The predicted octanol–water partition coefficient (Wildman–Crippen LogP) is 3.49. The number of anilines is 1. The fraction of sp³-hybridized carbons (Fsp3) is 0.538. The minimum atomic E-state index is 0.566. The molecule has 0 amide bonds. The van der Waals surface area contributed by atoms with Crippen molar-refractivity contribution in [2.45, 2.75) is 25.9 Å². The molecule has 0 aliphatic rings. The van der Waals surface area contributed by atoms with Crippen LogP contribution in [0.3, 0.4) is 0 Å². The van der Waals surface area contributed by atoms with E-state index in [2.05, 4.69) is 59.3 Å². The fourth-order valence-electron chi connectivity index (χ4n) is 1.95. The topological polar surface area (TPSA) is 29.3 Å². The Morgan fingerprint density at radius 2 is 2.18 bits per heavy atom. The van der Waals surface area contributed by atoms with E-state index in [9.17, 15) is 0 Å². The van der Waals surface area contributed by atoms with Gasteiger partial charge in [-0.05, 0) is 36.4 Å². The highest BCUT2D eigenvalue weighted by Gasteiger charge is 2.15. The lowest BCUT2D eigenvalue weighted by Gasteiger charge is -2.30. The largest absolute Gasteiger partial charge is 0.371 e. The molecule has 0 radical (unpaired) electrons. The number of nitrogens with two attached hydrogens (primary N) is 1. The van der Waals surface area contributed by atoms with Crippen LogP contribution < -0.4 is 10.6 Å². The molecule has 0 bridgehead atoms. The molecule has 1 aromatic rings. The Hall–Kier alpha value is -0.190. The average molecular weight is 317 g/mol. The first-order chi connectivity index (χ1) is 8.13. The van der Waals surface area contributed by atoms with E-state index < -0.39 is 0 Å². The van der Waals surface area contributed by atoms with Crippen LogP contribution in [0.1, 0.15) is 18.9 Å². The molecule has 2 nitrogen and oxygen atoms in total. The molecule has 17 heavy (non-hydrogen) atoms. The van der Waals surface area contributed by atoms with E-state index in [1.54, 1.807) is 0 Å². The Morgan fingerprint density at radius 1 is 1.47 bits per heavy atom. The van der Waals surface area contributed by atoms with Crippen LogP contribution in [-0.4, -0.2) is 25.1 Å². The van der Waals surface area contributed by atoms with Crippen molar-refractivity contribution in [2.75, 3.05) is 24.0 Å². The second-order valence-corrected chi connectivity index (χ2v) is 5.93. The third kappa shape index (κ3) is 3.90. The highest BCUT2D eigenvalue weighted by atomic mass is 79.9. The van der Waals surface area contributed by atoms with Crippen molar-refractivity contribution in [1.82, 2.24) is 0 Å². The number of halogens is 1. The molecule has 1 unspecified atom stereocenters. The lowest BCUT2D eigenvalue weighted by molar-refractivity contribution is 0.670. The van der Waals surface area contributed by atoms with Crippen molar-refractivity contribution in [3.8, 4) is 0 Å². The van der Waals surface area contributed by atoms with Crippen LogP contribution in [0.15, 0.2) is 22.7 Å². The van der Waals surface area contributed by atoms with Crippen LogP contribution in [-0.2, 0) is 6.54 Å². The van der Waals surface area contributed by atoms with E-state index in [1.165, 1.54) is 11.3 Å². The van der Waals surface area contributed by atoms with E-state index >= 15 is 0 Å². The number of thioether (sulfide) groups is 1. The number of rotatable bonds is 6. The summed E-state index contributed by atoms with van der Waals surface area (Å²) >= 11 is 5.38. The van der Waals surface area contributed by atoms with Gasteiger partial charge in [0.15, 0.2) is 0 Å². The first-order valence-corrected chi connectivity index (χ1v) is 8.03.